The van der Waals surface area contributed by atoms with Crippen LogP contribution >= 0.6 is 11.5 Å². The number of aromatic hydroxyl groups is 1. The van der Waals surface area contributed by atoms with Crippen LogP contribution in [0.3, 0.4) is 0 Å². The van der Waals surface area contributed by atoms with E-state index >= 15 is 0 Å². The van der Waals surface area contributed by atoms with Crippen molar-refractivity contribution in [3.05, 3.63) is 24.3 Å². The van der Waals surface area contributed by atoms with E-state index in [0.717, 1.165) is 6.90 Å². The quantitative estimate of drug-likeness (QED) is 0.657. The Kier molecular flexibility index (Phi) is 2.45. The van der Waals surface area contributed by atoms with Gasteiger partial charge in [0.2, 0.25) is 0 Å². The Labute approximate surface area is 64.6 Å². The first kappa shape index (κ1) is 7.28. The number of halogens is 1. The van der Waals surface area contributed by atoms with Gasteiger partial charge < -0.3 is 9.76 Å². The molecule has 0 aliphatic carbocycles. The first-order chi connectivity index (χ1) is 4.84. The second kappa shape index (κ2) is 3.37. The highest BCUT2D eigenvalue weighted by Crippen LogP contribution is 2.23. The third kappa shape index (κ3) is 1.58. The van der Waals surface area contributed by atoms with Gasteiger partial charge in [0.1, 0.15) is 5.75 Å². The molecule has 0 unspecified atom stereocenters. The largest absolute Gasteiger partial charge is 0.546 e. The lowest BCUT2D eigenvalue weighted by Gasteiger charge is -2.01. The number of rotatable bonds is 2. The van der Waals surface area contributed by atoms with Crippen LogP contribution in [-0.4, -0.2) is 12.0 Å². The van der Waals surface area contributed by atoms with Crippen LogP contribution < -0.4 is 4.65 Å². The lowest BCUT2D eigenvalue weighted by atomic mass is 10.3. The zero-order valence-corrected chi connectivity index (χ0v) is 5.88. The van der Waals surface area contributed by atoms with E-state index in [1.165, 1.54) is 6.07 Å². The SMILES string of the molecule is Oc1ccccc1O[B]Cl. The maximum absolute atomic E-state index is 9.04. The summed E-state index contributed by atoms with van der Waals surface area (Å²) < 4.78 is 4.73. The molecule has 1 radical (unpaired) electrons. The summed E-state index contributed by atoms with van der Waals surface area (Å²) in [5.41, 5.74) is 0. The fourth-order valence-corrected chi connectivity index (χ4v) is 0.701. The molecule has 1 aromatic rings. The standard InChI is InChI=1S/C6H5BClO2/c8-7-10-6-4-2-1-3-5(6)9/h1-4,9H. The topological polar surface area (TPSA) is 29.5 Å². The van der Waals surface area contributed by atoms with Gasteiger partial charge in [0.25, 0.3) is 0 Å². The van der Waals surface area contributed by atoms with Crippen LogP contribution in [0.25, 0.3) is 0 Å². The summed E-state index contributed by atoms with van der Waals surface area (Å²) in [6.45, 7) is 0.995. The summed E-state index contributed by atoms with van der Waals surface area (Å²) in [7, 11) is 0. The van der Waals surface area contributed by atoms with E-state index in [1.807, 2.05) is 0 Å². The third-order valence-corrected chi connectivity index (χ3v) is 1.13. The summed E-state index contributed by atoms with van der Waals surface area (Å²) in [6, 6.07) is 6.59. The van der Waals surface area contributed by atoms with Crippen LogP contribution in [0.1, 0.15) is 0 Å². The molecule has 10 heavy (non-hydrogen) atoms. The highest BCUT2D eigenvalue weighted by atomic mass is 35.5. The van der Waals surface area contributed by atoms with E-state index in [4.69, 9.17) is 21.2 Å². The molecule has 0 fully saturated rings. The van der Waals surface area contributed by atoms with Gasteiger partial charge >= 0.3 is 6.90 Å². The Morgan fingerprint density at radius 3 is 2.70 bits per heavy atom. The van der Waals surface area contributed by atoms with Crippen molar-refractivity contribution in [1.29, 1.82) is 0 Å². The normalized spacial score (nSPS) is 8.90. The molecule has 0 aromatic heterocycles. The molecule has 0 bridgehead atoms. The lowest BCUT2D eigenvalue weighted by Crippen LogP contribution is -1.92. The van der Waals surface area contributed by atoms with Crippen molar-refractivity contribution in [3.63, 3.8) is 0 Å². The predicted molar refractivity (Wildman–Crippen MR) is 40.3 cm³/mol. The molecule has 0 atom stereocenters. The molecule has 0 amide bonds. The van der Waals surface area contributed by atoms with Gasteiger partial charge in [-0.2, -0.15) is 0 Å². The molecule has 0 aliphatic heterocycles. The fraction of sp³-hybridized carbons (Fsp3) is 0. The highest BCUT2D eigenvalue weighted by molar-refractivity contribution is 6.90. The lowest BCUT2D eigenvalue weighted by molar-refractivity contribution is 0.445. The van der Waals surface area contributed by atoms with Crippen LogP contribution in [0.5, 0.6) is 11.5 Å². The van der Waals surface area contributed by atoms with Crippen LogP contribution in [0.15, 0.2) is 24.3 Å². The number of benzene rings is 1. The highest BCUT2D eigenvalue weighted by Gasteiger charge is 1.98. The van der Waals surface area contributed by atoms with E-state index in [-0.39, 0.29) is 5.75 Å². The van der Waals surface area contributed by atoms with E-state index in [9.17, 15) is 0 Å². The van der Waals surface area contributed by atoms with Gasteiger partial charge in [0.05, 0.1) is 0 Å². The maximum Gasteiger partial charge on any atom is 0.495 e. The van der Waals surface area contributed by atoms with Gasteiger partial charge in [-0.25, -0.2) is 0 Å². The van der Waals surface area contributed by atoms with Crippen molar-refractivity contribution >= 4 is 18.4 Å². The van der Waals surface area contributed by atoms with Crippen LogP contribution in [0.4, 0.5) is 0 Å². The number of phenolic OH excluding ortho intramolecular Hbond substituents is 1. The molecule has 0 spiro atoms. The number of phenols is 1. The molecule has 51 valence electrons. The van der Waals surface area contributed by atoms with Gasteiger partial charge in [-0.05, 0) is 12.1 Å². The molecule has 2 nitrogen and oxygen atoms in total. The van der Waals surface area contributed by atoms with Gasteiger partial charge in [-0.15, -0.1) is 11.5 Å². The first-order valence-electron chi connectivity index (χ1n) is 2.71. The van der Waals surface area contributed by atoms with Crippen molar-refractivity contribution in [2.24, 2.45) is 0 Å². The zero-order valence-electron chi connectivity index (χ0n) is 5.12. The summed E-state index contributed by atoms with van der Waals surface area (Å²) in [4.78, 5) is 0. The van der Waals surface area contributed by atoms with E-state index in [1.54, 1.807) is 18.2 Å². The van der Waals surface area contributed by atoms with E-state index in [2.05, 4.69) is 0 Å². The maximum atomic E-state index is 9.04. The zero-order chi connectivity index (χ0) is 7.40. The van der Waals surface area contributed by atoms with Crippen LogP contribution in [0, 0.1) is 0 Å². The Morgan fingerprint density at radius 2 is 2.10 bits per heavy atom. The van der Waals surface area contributed by atoms with Gasteiger partial charge in [0.15, 0.2) is 5.75 Å². The molecule has 1 aromatic carbocycles. The predicted octanol–water partition coefficient (Wildman–Crippen LogP) is 1.54. The van der Waals surface area contributed by atoms with Crippen molar-refractivity contribution < 1.29 is 9.76 Å². The van der Waals surface area contributed by atoms with Gasteiger partial charge in [-0.3, -0.25) is 0 Å². The Morgan fingerprint density at radius 1 is 1.40 bits per heavy atom. The second-order valence-electron chi connectivity index (χ2n) is 1.67. The molecule has 0 saturated heterocycles. The number of hydrogen-bond donors (Lipinski definition) is 1. The Hall–Kier alpha value is -0.825. The minimum absolute atomic E-state index is 0.0828. The van der Waals surface area contributed by atoms with Crippen molar-refractivity contribution in [2.45, 2.75) is 0 Å². The Bertz CT molecular complexity index is 217. The summed E-state index contributed by atoms with van der Waals surface area (Å²) in [6.07, 6.45) is 0. The molecule has 1 rings (SSSR count). The van der Waals surface area contributed by atoms with Gasteiger partial charge in [-0.1, -0.05) is 12.1 Å². The monoisotopic (exact) mass is 155 g/mol. The first-order valence-corrected chi connectivity index (χ1v) is 3.15. The minimum Gasteiger partial charge on any atom is -0.546 e. The van der Waals surface area contributed by atoms with Crippen LogP contribution in [-0.2, 0) is 0 Å². The van der Waals surface area contributed by atoms with Crippen molar-refractivity contribution in [3.8, 4) is 11.5 Å². The van der Waals surface area contributed by atoms with E-state index < -0.39 is 0 Å². The van der Waals surface area contributed by atoms with E-state index in [0.29, 0.717) is 5.75 Å². The van der Waals surface area contributed by atoms with Crippen molar-refractivity contribution in [2.75, 3.05) is 0 Å². The molecular formula is C6H5BClO2. The summed E-state index contributed by atoms with van der Waals surface area (Å²) >= 11 is 5.15. The molecule has 0 saturated carbocycles. The van der Waals surface area contributed by atoms with Crippen LogP contribution in [0.2, 0.25) is 0 Å². The molecule has 0 heterocycles. The average molecular weight is 155 g/mol. The summed E-state index contributed by atoms with van der Waals surface area (Å²) in [5, 5.41) is 9.04. The molecular weight excluding hydrogens is 150 g/mol. The minimum atomic E-state index is 0.0828. The molecule has 4 heteroatoms. The number of para-hydroxylation sites is 2. The number of hydrogen-bond acceptors (Lipinski definition) is 2. The molecule has 1 N–H and O–H groups in total. The molecule has 0 aliphatic rings. The van der Waals surface area contributed by atoms with Crippen molar-refractivity contribution in [1.82, 2.24) is 0 Å². The average Bonchev–Trinajstić information content (AvgIpc) is 1.94. The van der Waals surface area contributed by atoms with Gasteiger partial charge in [0, 0.05) is 0 Å². The Balaban J connectivity index is 2.81. The second-order valence-corrected chi connectivity index (χ2v) is 1.85. The fourth-order valence-electron chi connectivity index (χ4n) is 0.605. The third-order valence-electron chi connectivity index (χ3n) is 1.04. The smallest absolute Gasteiger partial charge is 0.495 e. The summed E-state index contributed by atoms with van der Waals surface area (Å²) in [5.74, 6) is 0.442.